The molecular formula is C26H32FN3O. The predicted molar refractivity (Wildman–Crippen MR) is 125 cm³/mol. The molecule has 5 heteroatoms. The summed E-state index contributed by atoms with van der Waals surface area (Å²) in [5.41, 5.74) is 3.23. The number of rotatable bonds is 7. The number of benzene rings is 2. The number of aryl methyl sites for hydroxylation is 1. The summed E-state index contributed by atoms with van der Waals surface area (Å²) in [7, 11) is 2.16. The van der Waals surface area contributed by atoms with Crippen LogP contribution in [-0.2, 0) is 11.3 Å². The van der Waals surface area contributed by atoms with E-state index >= 15 is 0 Å². The third kappa shape index (κ3) is 5.16. The molecule has 1 N–H and O–H groups in total. The van der Waals surface area contributed by atoms with Crippen LogP contribution in [0, 0.1) is 12.7 Å². The van der Waals surface area contributed by atoms with Gasteiger partial charge in [0.05, 0.1) is 0 Å². The number of halogens is 1. The van der Waals surface area contributed by atoms with Gasteiger partial charge in [-0.15, -0.1) is 0 Å². The highest BCUT2D eigenvalue weighted by atomic mass is 19.1. The van der Waals surface area contributed by atoms with Crippen LogP contribution in [0.4, 0.5) is 4.39 Å². The fraction of sp³-hybridized carbons (Fsp3) is 0.423. The molecule has 1 aliphatic carbocycles. The largest absolute Gasteiger partial charge is 0.353 e. The number of amides is 1. The van der Waals surface area contributed by atoms with E-state index in [-0.39, 0.29) is 18.3 Å². The lowest BCUT2D eigenvalue weighted by atomic mass is 9.94. The number of nitrogens with one attached hydrogen (secondary N) is 1. The molecule has 0 bridgehead atoms. The van der Waals surface area contributed by atoms with Crippen molar-refractivity contribution < 1.29 is 9.18 Å². The number of fused-ring (bicyclic) bond motifs is 1. The number of nitrogens with zero attached hydrogens (tertiary/aromatic N) is 2. The van der Waals surface area contributed by atoms with E-state index in [0.29, 0.717) is 18.2 Å². The summed E-state index contributed by atoms with van der Waals surface area (Å²) in [4.78, 5) is 14.9. The average molecular weight is 422 g/mol. The standard InChI is InChI=1S/C26H32FN3O/c1-19-8-11-23(24(27)16-19)21-10-9-20-12-14-30(25(20)17-21)18-26(31)28-13-15-29(2)22-6-4-3-5-7-22/h8-12,14,16-17,22H,3-7,13,15,18H2,1-2H3,(H,28,31). The molecule has 0 unspecified atom stereocenters. The van der Waals surface area contributed by atoms with Gasteiger partial charge in [-0.05, 0) is 61.5 Å². The molecule has 1 saturated carbocycles. The van der Waals surface area contributed by atoms with Gasteiger partial charge in [0.25, 0.3) is 0 Å². The van der Waals surface area contributed by atoms with Gasteiger partial charge >= 0.3 is 0 Å². The molecule has 1 fully saturated rings. The Morgan fingerprint density at radius 2 is 1.94 bits per heavy atom. The third-order valence-corrected chi connectivity index (χ3v) is 6.51. The molecule has 31 heavy (non-hydrogen) atoms. The molecule has 4 nitrogen and oxygen atoms in total. The average Bonchev–Trinajstić information content (AvgIpc) is 3.16. The van der Waals surface area contributed by atoms with Gasteiger partial charge < -0.3 is 14.8 Å². The number of carbonyl (C=O) groups excluding carboxylic acids is 1. The summed E-state index contributed by atoms with van der Waals surface area (Å²) in [5.74, 6) is -0.223. The zero-order chi connectivity index (χ0) is 21.8. The first-order chi connectivity index (χ1) is 15.0. The lowest BCUT2D eigenvalue weighted by Crippen LogP contribution is -2.40. The molecule has 0 saturated heterocycles. The van der Waals surface area contributed by atoms with Crippen LogP contribution >= 0.6 is 0 Å². The third-order valence-electron chi connectivity index (χ3n) is 6.51. The van der Waals surface area contributed by atoms with Crippen molar-refractivity contribution in [2.75, 3.05) is 20.1 Å². The predicted octanol–water partition coefficient (Wildman–Crippen LogP) is 5.14. The van der Waals surface area contributed by atoms with Crippen molar-refractivity contribution in [2.24, 2.45) is 0 Å². The normalized spacial score (nSPS) is 15.0. The Hall–Kier alpha value is -2.66. The Labute approximate surface area is 184 Å². The highest BCUT2D eigenvalue weighted by molar-refractivity contribution is 5.87. The smallest absolute Gasteiger partial charge is 0.239 e. The second-order valence-corrected chi connectivity index (χ2v) is 8.82. The van der Waals surface area contributed by atoms with Gasteiger partial charge in [-0.2, -0.15) is 0 Å². The number of carbonyl (C=O) groups is 1. The minimum atomic E-state index is -0.225. The van der Waals surface area contributed by atoms with E-state index in [1.807, 2.05) is 54.1 Å². The molecule has 1 heterocycles. The van der Waals surface area contributed by atoms with Crippen LogP contribution in [0.25, 0.3) is 22.0 Å². The van der Waals surface area contributed by atoms with Crippen molar-refractivity contribution in [1.29, 1.82) is 0 Å². The van der Waals surface area contributed by atoms with E-state index in [9.17, 15) is 9.18 Å². The fourth-order valence-electron chi connectivity index (χ4n) is 4.63. The monoisotopic (exact) mass is 421 g/mol. The van der Waals surface area contributed by atoms with Crippen molar-refractivity contribution in [3.63, 3.8) is 0 Å². The second kappa shape index (κ2) is 9.65. The van der Waals surface area contributed by atoms with Gasteiger partial charge in [0.15, 0.2) is 0 Å². The molecule has 1 aliphatic rings. The molecule has 164 valence electrons. The van der Waals surface area contributed by atoms with Crippen molar-refractivity contribution in [3.05, 3.63) is 60.0 Å². The summed E-state index contributed by atoms with van der Waals surface area (Å²) < 4.78 is 16.4. The van der Waals surface area contributed by atoms with E-state index in [1.165, 1.54) is 32.1 Å². The van der Waals surface area contributed by atoms with Gasteiger partial charge in [0.1, 0.15) is 12.4 Å². The van der Waals surface area contributed by atoms with Crippen LogP contribution in [0.5, 0.6) is 0 Å². The highest BCUT2D eigenvalue weighted by Gasteiger charge is 2.17. The van der Waals surface area contributed by atoms with E-state index in [1.54, 1.807) is 6.07 Å². The van der Waals surface area contributed by atoms with Crippen LogP contribution in [0.15, 0.2) is 48.7 Å². The SMILES string of the molecule is Cc1ccc(-c2ccc3ccn(CC(=O)NCCN(C)C4CCCCC4)c3c2)c(F)c1. The Bertz CT molecular complexity index is 1050. The maximum atomic E-state index is 14.4. The number of hydrogen-bond acceptors (Lipinski definition) is 2. The van der Waals surface area contributed by atoms with E-state index in [0.717, 1.165) is 28.6 Å². The van der Waals surface area contributed by atoms with Crippen LogP contribution in [0.3, 0.4) is 0 Å². The molecule has 1 aromatic heterocycles. The number of hydrogen-bond donors (Lipinski definition) is 1. The van der Waals surface area contributed by atoms with Crippen LogP contribution in [0.1, 0.15) is 37.7 Å². The Balaban J connectivity index is 1.39. The van der Waals surface area contributed by atoms with Crippen molar-refractivity contribution >= 4 is 16.8 Å². The van der Waals surface area contributed by atoms with Gasteiger partial charge in [-0.3, -0.25) is 4.79 Å². The first-order valence-electron chi connectivity index (χ1n) is 11.3. The molecule has 1 amide bonds. The van der Waals surface area contributed by atoms with Crippen molar-refractivity contribution in [3.8, 4) is 11.1 Å². The zero-order valence-electron chi connectivity index (χ0n) is 18.5. The van der Waals surface area contributed by atoms with Crippen LogP contribution in [-0.4, -0.2) is 41.6 Å². The Kier molecular flexibility index (Phi) is 6.71. The summed E-state index contributed by atoms with van der Waals surface area (Å²) in [6, 6.07) is 13.8. The summed E-state index contributed by atoms with van der Waals surface area (Å²) in [6.45, 7) is 3.67. The molecule has 0 spiro atoms. The van der Waals surface area contributed by atoms with E-state index in [4.69, 9.17) is 0 Å². The van der Waals surface area contributed by atoms with Crippen molar-refractivity contribution in [1.82, 2.24) is 14.8 Å². The Morgan fingerprint density at radius 1 is 1.13 bits per heavy atom. The topological polar surface area (TPSA) is 37.3 Å². The number of likely N-dealkylation sites (N-methyl/N-ethyl adjacent to an activating group) is 1. The van der Waals surface area contributed by atoms with Gasteiger partial charge in [-0.1, -0.05) is 43.5 Å². The second-order valence-electron chi connectivity index (χ2n) is 8.82. The number of aromatic nitrogens is 1. The summed E-state index contributed by atoms with van der Waals surface area (Å²) in [5, 5.41) is 4.10. The molecule has 0 radical (unpaired) electrons. The van der Waals surface area contributed by atoms with E-state index < -0.39 is 0 Å². The highest BCUT2D eigenvalue weighted by Crippen LogP contribution is 2.28. The summed E-state index contributed by atoms with van der Waals surface area (Å²) >= 11 is 0. The first-order valence-corrected chi connectivity index (χ1v) is 11.3. The minimum absolute atomic E-state index is 0.00136. The molecule has 2 aromatic carbocycles. The molecule has 0 aliphatic heterocycles. The molecule has 4 rings (SSSR count). The zero-order valence-corrected chi connectivity index (χ0v) is 18.5. The van der Waals surface area contributed by atoms with Crippen LogP contribution < -0.4 is 5.32 Å². The fourth-order valence-corrected chi connectivity index (χ4v) is 4.63. The van der Waals surface area contributed by atoms with Crippen LogP contribution in [0.2, 0.25) is 0 Å². The Morgan fingerprint density at radius 3 is 2.71 bits per heavy atom. The first kappa shape index (κ1) is 21.6. The van der Waals surface area contributed by atoms with Crippen molar-refractivity contribution in [2.45, 2.75) is 51.6 Å². The quantitative estimate of drug-likeness (QED) is 0.574. The van der Waals surface area contributed by atoms with Gasteiger partial charge in [-0.25, -0.2) is 4.39 Å². The van der Waals surface area contributed by atoms with E-state index in [2.05, 4.69) is 17.3 Å². The molecule has 3 aromatic rings. The summed E-state index contributed by atoms with van der Waals surface area (Å²) in [6.07, 6.45) is 8.44. The minimum Gasteiger partial charge on any atom is -0.353 e. The van der Waals surface area contributed by atoms with Gasteiger partial charge in [0.2, 0.25) is 5.91 Å². The maximum absolute atomic E-state index is 14.4. The van der Waals surface area contributed by atoms with Gasteiger partial charge in [0, 0.05) is 36.4 Å². The maximum Gasteiger partial charge on any atom is 0.239 e. The molecular weight excluding hydrogens is 389 g/mol. The lowest BCUT2D eigenvalue weighted by molar-refractivity contribution is -0.121. The molecule has 0 atom stereocenters. The lowest BCUT2D eigenvalue weighted by Gasteiger charge is -2.31.